The average Bonchev–Trinajstić information content (AvgIpc) is 2.96. The molecule has 0 aromatic heterocycles. The number of benzene rings is 1. The zero-order valence-corrected chi connectivity index (χ0v) is 10.1. The standard InChI is InChI=1S/C13H15NO4/c1-14(6-8-4-10(8)13(15)16)9-2-3-11-12(5-9)18-7-17-11/h2-3,5,8,10H,4,6-7H2,1H3,(H,15,16). The molecule has 96 valence electrons. The van der Waals surface area contributed by atoms with Crippen LogP contribution in [-0.2, 0) is 4.79 Å². The molecule has 0 saturated heterocycles. The summed E-state index contributed by atoms with van der Waals surface area (Å²) in [5.74, 6) is 0.936. The molecule has 1 aromatic carbocycles. The molecule has 1 saturated carbocycles. The van der Waals surface area contributed by atoms with E-state index in [9.17, 15) is 4.79 Å². The van der Waals surface area contributed by atoms with Crippen molar-refractivity contribution in [2.24, 2.45) is 11.8 Å². The van der Waals surface area contributed by atoms with Gasteiger partial charge in [0.2, 0.25) is 6.79 Å². The number of ether oxygens (including phenoxy) is 2. The van der Waals surface area contributed by atoms with Crippen molar-refractivity contribution in [3.8, 4) is 11.5 Å². The van der Waals surface area contributed by atoms with E-state index in [1.165, 1.54) is 0 Å². The Bertz CT molecular complexity index is 488. The van der Waals surface area contributed by atoms with Gasteiger partial charge in [-0.2, -0.15) is 0 Å². The molecular formula is C13H15NO4. The van der Waals surface area contributed by atoms with E-state index in [1.807, 2.05) is 25.2 Å². The molecule has 0 bridgehead atoms. The number of fused-ring (bicyclic) bond motifs is 1. The first kappa shape index (κ1) is 11.2. The summed E-state index contributed by atoms with van der Waals surface area (Å²) in [5, 5.41) is 8.88. The second kappa shape index (κ2) is 4.08. The third-order valence-corrected chi connectivity index (χ3v) is 3.55. The van der Waals surface area contributed by atoms with Crippen LogP contribution in [0.25, 0.3) is 0 Å². The fourth-order valence-electron chi connectivity index (χ4n) is 2.33. The van der Waals surface area contributed by atoms with Crippen LogP contribution in [-0.4, -0.2) is 31.5 Å². The lowest BCUT2D eigenvalue weighted by atomic mass is 10.2. The topological polar surface area (TPSA) is 59.0 Å². The van der Waals surface area contributed by atoms with Crippen LogP contribution in [0.15, 0.2) is 18.2 Å². The van der Waals surface area contributed by atoms with Crippen molar-refractivity contribution in [2.45, 2.75) is 6.42 Å². The maximum atomic E-state index is 10.8. The van der Waals surface area contributed by atoms with E-state index in [-0.39, 0.29) is 18.6 Å². The number of aliphatic carboxylic acids is 1. The number of hydrogen-bond donors (Lipinski definition) is 1. The molecule has 1 aliphatic carbocycles. The van der Waals surface area contributed by atoms with E-state index in [0.29, 0.717) is 0 Å². The molecule has 3 rings (SSSR count). The van der Waals surface area contributed by atoms with Gasteiger partial charge in [-0.05, 0) is 24.5 Å². The monoisotopic (exact) mass is 249 g/mol. The van der Waals surface area contributed by atoms with Gasteiger partial charge >= 0.3 is 5.97 Å². The summed E-state index contributed by atoms with van der Waals surface area (Å²) < 4.78 is 10.6. The van der Waals surface area contributed by atoms with E-state index < -0.39 is 5.97 Å². The highest BCUT2D eigenvalue weighted by Crippen LogP contribution is 2.41. The van der Waals surface area contributed by atoms with Gasteiger partial charge < -0.3 is 19.5 Å². The van der Waals surface area contributed by atoms with Crippen LogP contribution >= 0.6 is 0 Å². The van der Waals surface area contributed by atoms with Crippen molar-refractivity contribution < 1.29 is 19.4 Å². The molecule has 2 atom stereocenters. The van der Waals surface area contributed by atoms with Gasteiger partial charge in [-0.25, -0.2) is 0 Å². The number of nitrogens with zero attached hydrogens (tertiary/aromatic N) is 1. The quantitative estimate of drug-likeness (QED) is 0.877. The molecule has 5 heteroatoms. The lowest BCUT2D eigenvalue weighted by molar-refractivity contribution is -0.138. The van der Waals surface area contributed by atoms with Crippen LogP contribution in [0.3, 0.4) is 0 Å². The number of carboxylic acid groups (broad SMARTS) is 1. The molecule has 2 unspecified atom stereocenters. The zero-order valence-electron chi connectivity index (χ0n) is 10.1. The van der Waals surface area contributed by atoms with Crippen molar-refractivity contribution >= 4 is 11.7 Å². The molecule has 5 nitrogen and oxygen atoms in total. The maximum absolute atomic E-state index is 10.8. The highest BCUT2D eigenvalue weighted by molar-refractivity contribution is 5.73. The minimum atomic E-state index is -0.681. The summed E-state index contributed by atoms with van der Waals surface area (Å²) in [6, 6.07) is 5.78. The second-order valence-electron chi connectivity index (χ2n) is 4.86. The van der Waals surface area contributed by atoms with Crippen molar-refractivity contribution in [3.63, 3.8) is 0 Å². The Morgan fingerprint density at radius 2 is 2.22 bits per heavy atom. The molecular weight excluding hydrogens is 234 g/mol. The zero-order chi connectivity index (χ0) is 12.7. The van der Waals surface area contributed by atoms with Crippen molar-refractivity contribution in [3.05, 3.63) is 18.2 Å². The fraction of sp³-hybridized carbons (Fsp3) is 0.462. The molecule has 2 aliphatic rings. The Morgan fingerprint density at radius 1 is 1.44 bits per heavy atom. The summed E-state index contributed by atoms with van der Waals surface area (Å²) in [4.78, 5) is 12.9. The van der Waals surface area contributed by atoms with Crippen LogP contribution in [0.4, 0.5) is 5.69 Å². The van der Waals surface area contributed by atoms with Gasteiger partial charge in [0.25, 0.3) is 0 Å². The normalized spacial score (nSPS) is 23.8. The van der Waals surface area contributed by atoms with Gasteiger partial charge in [0.15, 0.2) is 11.5 Å². The van der Waals surface area contributed by atoms with Gasteiger partial charge in [-0.1, -0.05) is 0 Å². The van der Waals surface area contributed by atoms with Crippen molar-refractivity contribution in [1.82, 2.24) is 0 Å². The van der Waals surface area contributed by atoms with Gasteiger partial charge in [0, 0.05) is 25.3 Å². The van der Waals surface area contributed by atoms with Gasteiger partial charge in [0.05, 0.1) is 5.92 Å². The number of anilines is 1. The number of carbonyl (C=O) groups is 1. The van der Waals surface area contributed by atoms with E-state index in [2.05, 4.69) is 4.90 Å². The Labute approximate surface area is 105 Å². The van der Waals surface area contributed by atoms with Crippen LogP contribution in [0.2, 0.25) is 0 Å². The third-order valence-electron chi connectivity index (χ3n) is 3.55. The first-order valence-corrected chi connectivity index (χ1v) is 5.99. The SMILES string of the molecule is CN(CC1CC1C(=O)O)c1ccc2c(c1)OCO2. The van der Waals surface area contributed by atoms with Gasteiger partial charge in [-0.15, -0.1) is 0 Å². The summed E-state index contributed by atoms with van der Waals surface area (Å²) >= 11 is 0. The van der Waals surface area contributed by atoms with Gasteiger partial charge in [-0.3, -0.25) is 4.79 Å². The summed E-state index contributed by atoms with van der Waals surface area (Å²) in [6.45, 7) is 1.03. The summed E-state index contributed by atoms with van der Waals surface area (Å²) in [6.07, 6.45) is 0.782. The molecule has 0 spiro atoms. The van der Waals surface area contributed by atoms with Crippen molar-refractivity contribution in [1.29, 1.82) is 0 Å². The van der Waals surface area contributed by atoms with Crippen molar-refractivity contribution in [2.75, 3.05) is 25.3 Å². The Kier molecular flexibility index (Phi) is 2.54. The lowest BCUT2D eigenvalue weighted by Gasteiger charge is -2.19. The van der Waals surface area contributed by atoms with Crippen LogP contribution < -0.4 is 14.4 Å². The van der Waals surface area contributed by atoms with Crippen LogP contribution in [0.5, 0.6) is 11.5 Å². The second-order valence-corrected chi connectivity index (χ2v) is 4.86. The highest BCUT2D eigenvalue weighted by atomic mass is 16.7. The van der Waals surface area contributed by atoms with E-state index in [4.69, 9.17) is 14.6 Å². The van der Waals surface area contributed by atoms with E-state index >= 15 is 0 Å². The highest BCUT2D eigenvalue weighted by Gasteiger charge is 2.43. The Morgan fingerprint density at radius 3 is 2.94 bits per heavy atom. The molecule has 1 N–H and O–H groups in total. The maximum Gasteiger partial charge on any atom is 0.306 e. The smallest absolute Gasteiger partial charge is 0.306 e. The molecule has 18 heavy (non-hydrogen) atoms. The summed E-state index contributed by atoms with van der Waals surface area (Å²) in [5.41, 5.74) is 1.02. The molecule has 1 fully saturated rings. The number of rotatable bonds is 4. The first-order chi connectivity index (χ1) is 8.65. The average molecular weight is 249 g/mol. The lowest BCUT2D eigenvalue weighted by Crippen LogP contribution is -2.21. The number of hydrogen-bond acceptors (Lipinski definition) is 4. The molecule has 1 aromatic rings. The first-order valence-electron chi connectivity index (χ1n) is 5.99. The summed E-state index contributed by atoms with van der Waals surface area (Å²) in [7, 11) is 1.97. The molecule has 0 radical (unpaired) electrons. The minimum Gasteiger partial charge on any atom is -0.481 e. The number of carboxylic acids is 1. The fourth-order valence-corrected chi connectivity index (χ4v) is 2.33. The molecule has 1 heterocycles. The third kappa shape index (κ3) is 1.96. The Balaban J connectivity index is 1.66. The largest absolute Gasteiger partial charge is 0.481 e. The predicted molar refractivity (Wildman–Crippen MR) is 65.1 cm³/mol. The Hall–Kier alpha value is -1.91. The predicted octanol–water partition coefficient (Wildman–Crippen LogP) is 1.57. The van der Waals surface area contributed by atoms with E-state index in [0.717, 1.165) is 30.2 Å². The van der Waals surface area contributed by atoms with Gasteiger partial charge in [0.1, 0.15) is 0 Å². The molecule has 0 amide bonds. The van der Waals surface area contributed by atoms with E-state index in [1.54, 1.807) is 0 Å². The van der Waals surface area contributed by atoms with Crippen LogP contribution in [0, 0.1) is 11.8 Å². The van der Waals surface area contributed by atoms with Crippen LogP contribution in [0.1, 0.15) is 6.42 Å². The minimum absolute atomic E-state index is 0.165. The molecule has 1 aliphatic heterocycles.